The van der Waals surface area contributed by atoms with Gasteiger partial charge in [-0.25, -0.2) is 10.6 Å². The van der Waals surface area contributed by atoms with E-state index in [1.54, 1.807) is 0 Å². The minimum absolute atomic E-state index is 0.217. The summed E-state index contributed by atoms with van der Waals surface area (Å²) in [5.74, 6) is 5.07. The molecule has 0 aliphatic heterocycles. The predicted molar refractivity (Wildman–Crippen MR) is 62.0 cm³/mol. The minimum atomic E-state index is -0.476. The summed E-state index contributed by atoms with van der Waals surface area (Å²) in [5, 5.41) is 6.25. The second-order valence-corrected chi connectivity index (χ2v) is 3.36. The SMILES string of the molecule is NNc1[nH]ncc1C(=O)OCc1ccccc1. The minimum Gasteiger partial charge on any atom is -0.457 e. The molecular formula is C11H12N4O2. The van der Waals surface area contributed by atoms with Crippen LogP contribution in [0.3, 0.4) is 0 Å². The van der Waals surface area contributed by atoms with E-state index in [4.69, 9.17) is 10.6 Å². The highest BCUT2D eigenvalue weighted by Crippen LogP contribution is 2.12. The number of esters is 1. The van der Waals surface area contributed by atoms with Gasteiger partial charge in [0.15, 0.2) is 5.82 Å². The maximum Gasteiger partial charge on any atom is 0.343 e. The largest absolute Gasteiger partial charge is 0.457 e. The molecule has 0 spiro atoms. The van der Waals surface area contributed by atoms with Crippen molar-refractivity contribution < 1.29 is 9.53 Å². The zero-order valence-corrected chi connectivity index (χ0v) is 9.01. The lowest BCUT2D eigenvalue weighted by Gasteiger charge is -2.04. The van der Waals surface area contributed by atoms with Gasteiger partial charge >= 0.3 is 5.97 Å². The van der Waals surface area contributed by atoms with E-state index in [0.717, 1.165) is 5.56 Å². The third-order valence-electron chi connectivity index (χ3n) is 2.22. The first kappa shape index (κ1) is 11.2. The van der Waals surface area contributed by atoms with Gasteiger partial charge in [0.1, 0.15) is 12.2 Å². The van der Waals surface area contributed by atoms with Crippen LogP contribution in [0.25, 0.3) is 0 Å². The summed E-state index contributed by atoms with van der Waals surface area (Å²) >= 11 is 0. The number of H-pyrrole nitrogens is 1. The molecule has 4 N–H and O–H groups in total. The fourth-order valence-electron chi connectivity index (χ4n) is 1.35. The Morgan fingerprint density at radius 2 is 2.18 bits per heavy atom. The number of aromatic amines is 1. The van der Waals surface area contributed by atoms with Gasteiger partial charge in [0, 0.05) is 0 Å². The Kier molecular flexibility index (Phi) is 3.37. The van der Waals surface area contributed by atoms with Crippen molar-refractivity contribution in [1.29, 1.82) is 0 Å². The first-order valence-electron chi connectivity index (χ1n) is 5.02. The lowest BCUT2D eigenvalue weighted by Crippen LogP contribution is -2.12. The van der Waals surface area contributed by atoms with Crippen LogP contribution in [0.2, 0.25) is 0 Å². The predicted octanol–water partition coefficient (Wildman–Crippen LogP) is 1.05. The zero-order chi connectivity index (χ0) is 12.1. The number of nitrogen functional groups attached to an aromatic ring is 1. The van der Waals surface area contributed by atoms with Crippen molar-refractivity contribution in [2.45, 2.75) is 6.61 Å². The van der Waals surface area contributed by atoms with Gasteiger partial charge in [0.05, 0.1) is 6.20 Å². The third-order valence-corrected chi connectivity index (χ3v) is 2.22. The highest BCUT2D eigenvalue weighted by Gasteiger charge is 2.14. The van der Waals surface area contributed by atoms with Crippen molar-refractivity contribution in [2.75, 3.05) is 5.43 Å². The molecule has 0 amide bonds. The highest BCUT2D eigenvalue weighted by molar-refractivity contribution is 5.94. The molecule has 0 fully saturated rings. The first-order valence-corrected chi connectivity index (χ1v) is 5.02. The summed E-state index contributed by atoms with van der Waals surface area (Å²) in [6.07, 6.45) is 1.36. The molecule has 0 bridgehead atoms. The maximum absolute atomic E-state index is 11.7. The van der Waals surface area contributed by atoms with E-state index in [2.05, 4.69) is 15.6 Å². The van der Waals surface area contributed by atoms with Crippen molar-refractivity contribution in [3.63, 3.8) is 0 Å². The van der Waals surface area contributed by atoms with Crippen LogP contribution in [-0.4, -0.2) is 16.2 Å². The van der Waals surface area contributed by atoms with E-state index < -0.39 is 5.97 Å². The Morgan fingerprint density at radius 3 is 2.88 bits per heavy atom. The molecule has 6 nitrogen and oxygen atoms in total. The molecule has 1 aromatic carbocycles. The van der Waals surface area contributed by atoms with Crippen LogP contribution in [0, 0.1) is 0 Å². The molecule has 1 aromatic heterocycles. The van der Waals surface area contributed by atoms with Gasteiger partial charge < -0.3 is 10.2 Å². The summed E-state index contributed by atoms with van der Waals surface area (Å²) in [6.45, 7) is 0.217. The maximum atomic E-state index is 11.7. The molecule has 0 saturated carbocycles. The quantitative estimate of drug-likeness (QED) is 0.416. The number of rotatable bonds is 4. The number of hydrazine groups is 1. The Hall–Kier alpha value is -2.34. The van der Waals surface area contributed by atoms with Gasteiger partial charge in [0.2, 0.25) is 0 Å². The van der Waals surface area contributed by atoms with E-state index >= 15 is 0 Å². The average Bonchev–Trinajstić information content (AvgIpc) is 2.85. The second-order valence-electron chi connectivity index (χ2n) is 3.36. The fraction of sp³-hybridized carbons (Fsp3) is 0.0909. The summed E-state index contributed by atoms with van der Waals surface area (Å²) in [6, 6.07) is 9.43. The molecule has 0 aliphatic rings. The van der Waals surface area contributed by atoms with Crippen molar-refractivity contribution in [3.05, 3.63) is 47.7 Å². The van der Waals surface area contributed by atoms with Crippen LogP contribution in [0.5, 0.6) is 0 Å². The van der Waals surface area contributed by atoms with Crippen molar-refractivity contribution in [3.8, 4) is 0 Å². The summed E-state index contributed by atoms with van der Waals surface area (Å²) in [4.78, 5) is 11.7. The number of benzene rings is 1. The number of hydrogen-bond acceptors (Lipinski definition) is 5. The summed E-state index contributed by atoms with van der Waals surface area (Å²) < 4.78 is 5.12. The molecule has 0 unspecified atom stereocenters. The normalized spacial score (nSPS) is 9.94. The number of nitrogens with one attached hydrogen (secondary N) is 2. The van der Waals surface area contributed by atoms with E-state index in [1.165, 1.54) is 6.20 Å². The van der Waals surface area contributed by atoms with Crippen LogP contribution in [0.15, 0.2) is 36.5 Å². The first-order chi connectivity index (χ1) is 8.31. The summed E-state index contributed by atoms with van der Waals surface area (Å²) in [5.41, 5.74) is 3.54. The number of ether oxygens (including phenoxy) is 1. The van der Waals surface area contributed by atoms with Crippen molar-refractivity contribution in [2.24, 2.45) is 5.84 Å². The number of aromatic nitrogens is 2. The number of carbonyl (C=O) groups is 1. The molecule has 2 aromatic rings. The van der Waals surface area contributed by atoms with Gasteiger partial charge in [-0.1, -0.05) is 30.3 Å². The monoisotopic (exact) mass is 232 g/mol. The van der Waals surface area contributed by atoms with Gasteiger partial charge in [0.25, 0.3) is 0 Å². The van der Waals surface area contributed by atoms with Crippen LogP contribution < -0.4 is 11.3 Å². The Balaban J connectivity index is 1.98. The number of carbonyl (C=O) groups excluding carboxylic acids is 1. The Morgan fingerprint density at radius 1 is 1.41 bits per heavy atom. The lowest BCUT2D eigenvalue weighted by molar-refractivity contribution is 0.0474. The molecule has 2 rings (SSSR count). The number of anilines is 1. The molecule has 0 atom stereocenters. The smallest absolute Gasteiger partial charge is 0.343 e. The molecule has 6 heteroatoms. The topological polar surface area (TPSA) is 93.0 Å². The lowest BCUT2D eigenvalue weighted by atomic mass is 10.2. The molecule has 88 valence electrons. The van der Waals surface area contributed by atoms with Gasteiger partial charge in [-0.05, 0) is 5.56 Å². The van der Waals surface area contributed by atoms with Gasteiger partial charge in [-0.15, -0.1) is 0 Å². The standard InChI is InChI=1S/C11H12N4O2/c12-14-10-9(6-13-15-10)11(16)17-7-8-4-2-1-3-5-8/h1-6H,7,12H2,(H2,13,14,15). The summed E-state index contributed by atoms with van der Waals surface area (Å²) in [7, 11) is 0. The zero-order valence-electron chi connectivity index (χ0n) is 9.01. The Bertz CT molecular complexity index is 495. The third kappa shape index (κ3) is 2.61. The highest BCUT2D eigenvalue weighted by atomic mass is 16.5. The fourth-order valence-corrected chi connectivity index (χ4v) is 1.35. The van der Waals surface area contributed by atoms with E-state index in [-0.39, 0.29) is 12.2 Å². The van der Waals surface area contributed by atoms with Crippen LogP contribution >= 0.6 is 0 Å². The van der Waals surface area contributed by atoms with Crippen LogP contribution in [-0.2, 0) is 11.3 Å². The van der Waals surface area contributed by atoms with E-state index in [0.29, 0.717) is 5.82 Å². The van der Waals surface area contributed by atoms with Crippen molar-refractivity contribution >= 4 is 11.8 Å². The molecular weight excluding hydrogens is 220 g/mol. The number of nitrogens with two attached hydrogens (primary N) is 1. The number of hydrogen-bond donors (Lipinski definition) is 3. The van der Waals surface area contributed by atoms with Crippen LogP contribution in [0.1, 0.15) is 15.9 Å². The molecule has 17 heavy (non-hydrogen) atoms. The van der Waals surface area contributed by atoms with Crippen molar-refractivity contribution in [1.82, 2.24) is 10.2 Å². The van der Waals surface area contributed by atoms with Crippen LogP contribution in [0.4, 0.5) is 5.82 Å². The van der Waals surface area contributed by atoms with Gasteiger partial charge in [-0.3, -0.25) is 5.10 Å². The van der Waals surface area contributed by atoms with E-state index in [1.807, 2.05) is 30.3 Å². The van der Waals surface area contributed by atoms with Gasteiger partial charge in [-0.2, -0.15) is 5.10 Å². The average molecular weight is 232 g/mol. The molecule has 0 aliphatic carbocycles. The Labute approximate surface area is 97.8 Å². The number of nitrogens with zero attached hydrogens (tertiary/aromatic N) is 1. The molecule has 0 saturated heterocycles. The molecule has 1 heterocycles. The molecule has 0 radical (unpaired) electrons. The van der Waals surface area contributed by atoms with E-state index in [9.17, 15) is 4.79 Å². The second kappa shape index (κ2) is 5.13.